The molecule has 0 aliphatic heterocycles. The van der Waals surface area contributed by atoms with Crippen molar-refractivity contribution in [3.05, 3.63) is 42.0 Å². The summed E-state index contributed by atoms with van der Waals surface area (Å²) in [5.74, 6) is 0.0584. The third-order valence-corrected chi connectivity index (χ3v) is 5.43. The van der Waals surface area contributed by atoms with Gasteiger partial charge in [0.2, 0.25) is 0 Å². The SMILES string of the molecule is COc1ccc(C(=O)O[C@@H](C)C(=O)N(C)C2CCCCC2)c2ccccc12. The van der Waals surface area contributed by atoms with Crippen LogP contribution in [0.1, 0.15) is 49.4 Å². The van der Waals surface area contributed by atoms with E-state index in [2.05, 4.69) is 0 Å². The van der Waals surface area contributed by atoms with E-state index in [1.807, 2.05) is 31.3 Å². The van der Waals surface area contributed by atoms with Gasteiger partial charge in [0, 0.05) is 18.5 Å². The molecule has 0 N–H and O–H groups in total. The Morgan fingerprint density at radius 2 is 1.70 bits per heavy atom. The van der Waals surface area contributed by atoms with Gasteiger partial charge in [0.25, 0.3) is 5.91 Å². The number of ether oxygens (including phenoxy) is 2. The van der Waals surface area contributed by atoms with E-state index in [0.29, 0.717) is 11.3 Å². The van der Waals surface area contributed by atoms with Crippen molar-refractivity contribution in [1.29, 1.82) is 0 Å². The maximum Gasteiger partial charge on any atom is 0.339 e. The molecule has 1 fully saturated rings. The van der Waals surface area contributed by atoms with E-state index in [-0.39, 0.29) is 11.9 Å². The van der Waals surface area contributed by atoms with Crippen molar-refractivity contribution < 1.29 is 19.1 Å². The van der Waals surface area contributed by atoms with Crippen LogP contribution in [0.25, 0.3) is 10.8 Å². The molecule has 2 aromatic carbocycles. The molecule has 1 amide bonds. The highest BCUT2D eigenvalue weighted by Crippen LogP contribution is 2.29. The van der Waals surface area contributed by atoms with Gasteiger partial charge in [-0.2, -0.15) is 0 Å². The zero-order valence-corrected chi connectivity index (χ0v) is 16.2. The fourth-order valence-corrected chi connectivity index (χ4v) is 3.84. The van der Waals surface area contributed by atoms with Crippen molar-refractivity contribution in [2.45, 2.75) is 51.2 Å². The summed E-state index contributed by atoms with van der Waals surface area (Å²) in [7, 11) is 3.41. The molecule has 144 valence electrons. The fraction of sp³-hybridized carbons (Fsp3) is 0.455. The molecule has 0 saturated heterocycles. The minimum absolute atomic E-state index is 0.145. The highest BCUT2D eigenvalue weighted by Gasteiger charge is 2.28. The lowest BCUT2D eigenvalue weighted by molar-refractivity contribution is -0.141. The van der Waals surface area contributed by atoms with Gasteiger partial charge < -0.3 is 14.4 Å². The van der Waals surface area contributed by atoms with Crippen LogP contribution in [0.15, 0.2) is 36.4 Å². The molecule has 2 aromatic rings. The van der Waals surface area contributed by atoms with Crippen LogP contribution in [0.4, 0.5) is 0 Å². The molecule has 5 nitrogen and oxygen atoms in total. The van der Waals surface area contributed by atoms with Crippen LogP contribution in [0.5, 0.6) is 5.75 Å². The van der Waals surface area contributed by atoms with E-state index < -0.39 is 12.1 Å². The largest absolute Gasteiger partial charge is 0.496 e. The molecule has 0 spiro atoms. The topological polar surface area (TPSA) is 55.8 Å². The molecule has 1 atom stereocenters. The van der Waals surface area contributed by atoms with E-state index in [0.717, 1.165) is 36.5 Å². The summed E-state index contributed by atoms with van der Waals surface area (Å²) in [6.07, 6.45) is 4.75. The lowest BCUT2D eigenvalue weighted by Gasteiger charge is -2.32. The molecular formula is C22H27NO4. The first-order valence-electron chi connectivity index (χ1n) is 9.56. The van der Waals surface area contributed by atoms with Crippen LogP contribution in [0.3, 0.4) is 0 Å². The van der Waals surface area contributed by atoms with E-state index in [4.69, 9.17) is 9.47 Å². The van der Waals surface area contributed by atoms with Crippen LogP contribution in [0.2, 0.25) is 0 Å². The Hall–Kier alpha value is -2.56. The minimum atomic E-state index is -0.815. The van der Waals surface area contributed by atoms with Gasteiger partial charge >= 0.3 is 5.97 Å². The first kappa shape index (κ1) is 19.2. The van der Waals surface area contributed by atoms with Crippen molar-refractivity contribution in [1.82, 2.24) is 4.90 Å². The van der Waals surface area contributed by atoms with Crippen molar-refractivity contribution >= 4 is 22.6 Å². The highest BCUT2D eigenvalue weighted by atomic mass is 16.5. The third kappa shape index (κ3) is 4.07. The van der Waals surface area contributed by atoms with Crippen LogP contribution in [0, 0.1) is 0 Å². The van der Waals surface area contributed by atoms with Gasteiger partial charge in [-0.15, -0.1) is 0 Å². The Bertz CT molecular complexity index is 826. The molecule has 0 unspecified atom stereocenters. The number of hydrogen-bond donors (Lipinski definition) is 0. The Morgan fingerprint density at radius 1 is 1.04 bits per heavy atom. The van der Waals surface area contributed by atoms with Gasteiger partial charge in [-0.05, 0) is 37.3 Å². The fourth-order valence-electron chi connectivity index (χ4n) is 3.84. The van der Waals surface area contributed by atoms with E-state index in [9.17, 15) is 9.59 Å². The monoisotopic (exact) mass is 369 g/mol. The van der Waals surface area contributed by atoms with Crippen molar-refractivity contribution in [2.24, 2.45) is 0 Å². The molecule has 0 radical (unpaired) electrons. The van der Waals surface area contributed by atoms with Crippen LogP contribution >= 0.6 is 0 Å². The standard InChI is InChI=1S/C22H27NO4/c1-15(21(24)23(2)16-9-5-4-6-10-16)27-22(25)19-13-14-20(26-3)18-12-8-7-11-17(18)19/h7-8,11-16H,4-6,9-10H2,1-3H3/t15-/m0/s1. The second-order valence-corrected chi connectivity index (χ2v) is 7.15. The summed E-state index contributed by atoms with van der Waals surface area (Å²) in [5, 5.41) is 1.59. The number of esters is 1. The van der Waals surface area contributed by atoms with Crippen LogP contribution in [-0.4, -0.2) is 43.1 Å². The number of fused-ring (bicyclic) bond motifs is 1. The van der Waals surface area contributed by atoms with E-state index in [1.54, 1.807) is 31.1 Å². The normalized spacial score (nSPS) is 16.0. The summed E-state index contributed by atoms with van der Waals surface area (Å²) in [6.45, 7) is 1.64. The van der Waals surface area contributed by atoms with Crippen molar-refractivity contribution in [2.75, 3.05) is 14.2 Å². The smallest absolute Gasteiger partial charge is 0.339 e. The lowest BCUT2D eigenvalue weighted by atomic mass is 9.94. The van der Waals surface area contributed by atoms with E-state index >= 15 is 0 Å². The molecule has 0 bridgehead atoms. The number of carbonyl (C=O) groups excluding carboxylic acids is 2. The molecule has 3 rings (SSSR count). The number of benzene rings is 2. The lowest BCUT2D eigenvalue weighted by Crippen LogP contribution is -2.44. The average molecular weight is 369 g/mol. The second kappa shape index (κ2) is 8.42. The first-order valence-corrected chi connectivity index (χ1v) is 9.56. The maximum atomic E-state index is 12.7. The summed E-state index contributed by atoms with van der Waals surface area (Å²) >= 11 is 0. The summed E-state index contributed by atoms with van der Waals surface area (Å²) in [4.78, 5) is 27.2. The van der Waals surface area contributed by atoms with E-state index in [1.165, 1.54) is 6.42 Å². The molecule has 1 saturated carbocycles. The summed E-state index contributed by atoms with van der Waals surface area (Å²) < 4.78 is 10.9. The Morgan fingerprint density at radius 3 is 2.37 bits per heavy atom. The number of hydrogen-bond acceptors (Lipinski definition) is 4. The zero-order valence-electron chi connectivity index (χ0n) is 16.2. The second-order valence-electron chi connectivity index (χ2n) is 7.15. The maximum absolute atomic E-state index is 12.7. The number of methoxy groups -OCH3 is 1. The first-order chi connectivity index (χ1) is 13.0. The number of carbonyl (C=O) groups is 2. The minimum Gasteiger partial charge on any atom is -0.496 e. The molecule has 27 heavy (non-hydrogen) atoms. The molecule has 1 aliphatic carbocycles. The number of nitrogens with zero attached hydrogens (tertiary/aromatic N) is 1. The van der Waals surface area contributed by atoms with Gasteiger partial charge in [-0.1, -0.05) is 43.5 Å². The molecule has 0 aromatic heterocycles. The van der Waals surface area contributed by atoms with Gasteiger partial charge in [0.05, 0.1) is 12.7 Å². The van der Waals surface area contributed by atoms with Crippen LogP contribution in [-0.2, 0) is 9.53 Å². The molecular weight excluding hydrogens is 342 g/mol. The summed E-state index contributed by atoms with van der Waals surface area (Å²) in [5.41, 5.74) is 0.436. The summed E-state index contributed by atoms with van der Waals surface area (Å²) in [6, 6.07) is 11.2. The van der Waals surface area contributed by atoms with Crippen molar-refractivity contribution in [3.8, 4) is 5.75 Å². The molecule has 0 heterocycles. The van der Waals surface area contributed by atoms with Gasteiger partial charge in [0.15, 0.2) is 6.10 Å². The Balaban J connectivity index is 1.75. The van der Waals surface area contributed by atoms with Crippen molar-refractivity contribution in [3.63, 3.8) is 0 Å². The molecule has 1 aliphatic rings. The predicted octanol–water partition coefficient (Wildman–Crippen LogP) is 4.18. The highest BCUT2D eigenvalue weighted by molar-refractivity contribution is 6.07. The average Bonchev–Trinajstić information content (AvgIpc) is 2.72. The Labute approximate surface area is 160 Å². The number of likely N-dealkylation sites (N-methyl/N-ethyl adjacent to an activating group) is 1. The molecule has 5 heteroatoms. The Kier molecular flexibility index (Phi) is 5.99. The number of amides is 1. The van der Waals surface area contributed by atoms with Gasteiger partial charge in [-0.3, -0.25) is 4.79 Å². The quantitative estimate of drug-likeness (QED) is 0.742. The van der Waals surface area contributed by atoms with Gasteiger partial charge in [0.1, 0.15) is 5.75 Å². The van der Waals surface area contributed by atoms with Gasteiger partial charge in [-0.25, -0.2) is 4.79 Å². The van der Waals surface area contributed by atoms with Crippen LogP contribution < -0.4 is 4.74 Å². The predicted molar refractivity (Wildman–Crippen MR) is 105 cm³/mol. The third-order valence-electron chi connectivity index (χ3n) is 5.43. The number of rotatable bonds is 5. The zero-order chi connectivity index (χ0) is 19.4.